The van der Waals surface area contributed by atoms with Crippen molar-refractivity contribution in [2.75, 3.05) is 7.11 Å². The summed E-state index contributed by atoms with van der Waals surface area (Å²) in [6.45, 7) is 8.62. The van der Waals surface area contributed by atoms with Crippen LogP contribution in [0.3, 0.4) is 0 Å². The molecular formula is C17H22N2O2. The highest BCUT2D eigenvalue weighted by Gasteiger charge is 2.23. The number of aryl methyl sites for hydroxylation is 2. The second kappa shape index (κ2) is 6.12. The van der Waals surface area contributed by atoms with Crippen molar-refractivity contribution in [3.63, 3.8) is 0 Å². The summed E-state index contributed by atoms with van der Waals surface area (Å²) in [5.41, 5.74) is 5.36. The van der Waals surface area contributed by atoms with E-state index in [0.717, 1.165) is 17.0 Å². The molecule has 0 spiro atoms. The van der Waals surface area contributed by atoms with Gasteiger partial charge < -0.3 is 4.74 Å². The zero-order valence-corrected chi connectivity index (χ0v) is 13.3. The molecule has 0 saturated heterocycles. The summed E-state index contributed by atoms with van der Waals surface area (Å²) in [6.07, 6.45) is 0. The molecule has 4 heteroatoms. The van der Waals surface area contributed by atoms with Crippen molar-refractivity contribution in [3.05, 3.63) is 52.3 Å². The van der Waals surface area contributed by atoms with Gasteiger partial charge in [-0.15, -0.1) is 0 Å². The monoisotopic (exact) mass is 286 g/mol. The summed E-state index contributed by atoms with van der Waals surface area (Å²) < 4.78 is 6.81. The number of rotatable bonds is 4. The van der Waals surface area contributed by atoms with Gasteiger partial charge in [0.05, 0.1) is 25.3 Å². The maximum absolute atomic E-state index is 11.8. The molecule has 4 nitrogen and oxygen atoms in total. The first kappa shape index (κ1) is 15.3. The fraction of sp³-hybridized carbons (Fsp3) is 0.412. The molecule has 2 aromatic rings. The molecule has 1 aromatic heterocycles. The molecule has 0 saturated carbocycles. The minimum absolute atomic E-state index is 0.225. The molecule has 0 aliphatic rings. The van der Waals surface area contributed by atoms with Crippen LogP contribution in [0.5, 0.6) is 0 Å². The van der Waals surface area contributed by atoms with E-state index >= 15 is 0 Å². The van der Waals surface area contributed by atoms with Gasteiger partial charge in [0.2, 0.25) is 0 Å². The second-order valence-corrected chi connectivity index (χ2v) is 5.41. The number of hydrogen-bond acceptors (Lipinski definition) is 3. The minimum Gasteiger partial charge on any atom is -0.469 e. The average molecular weight is 286 g/mol. The molecule has 21 heavy (non-hydrogen) atoms. The Labute approximate surface area is 125 Å². The third kappa shape index (κ3) is 2.99. The van der Waals surface area contributed by atoms with Gasteiger partial charge in [0, 0.05) is 11.3 Å². The van der Waals surface area contributed by atoms with Gasteiger partial charge in [-0.1, -0.05) is 24.3 Å². The first-order valence-electron chi connectivity index (χ1n) is 7.12. The van der Waals surface area contributed by atoms with Crippen molar-refractivity contribution in [2.45, 2.75) is 40.2 Å². The first-order valence-corrected chi connectivity index (χ1v) is 7.12. The lowest BCUT2D eigenvalue weighted by Crippen LogP contribution is -2.13. The van der Waals surface area contributed by atoms with Gasteiger partial charge in [-0.3, -0.25) is 9.48 Å². The van der Waals surface area contributed by atoms with Crippen LogP contribution in [0.25, 0.3) is 0 Å². The molecule has 1 atom stereocenters. The van der Waals surface area contributed by atoms with Crippen molar-refractivity contribution in [2.24, 2.45) is 0 Å². The Kier molecular flexibility index (Phi) is 4.46. The van der Waals surface area contributed by atoms with Crippen LogP contribution in [0.1, 0.15) is 40.9 Å². The lowest BCUT2D eigenvalue weighted by atomic mass is 9.99. The van der Waals surface area contributed by atoms with E-state index in [1.165, 1.54) is 18.2 Å². The van der Waals surface area contributed by atoms with Gasteiger partial charge in [0.1, 0.15) is 0 Å². The number of carbonyl (C=O) groups is 1. The molecule has 0 bridgehead atoms. The van der Waals surface area contributed by atoms with E-state index in [4.69, 9.17) is 4.74 Å². The molecule has 0 radical (unpaired) electrons. The second-order valence-electron chi connectivity index (χ2n) is 5.41. The molecule has 2 rings (SSSR count). The number of hydrogen-bond donors (Lipinski definition) is 0. The predicted octanol–water partition coefficient (Wildman–Crippen LogP) is 3.13. The van der Waals surface area contributed by atoms with E-state index < -0.39 is 0 Å². The summed E-state index contributed by atoms with van der Waals surface area (Å²) in [7, 11) is 1.42. The highest BCUT2D eigenvalue weighted by atomic mass is 16.5. The van der Waals surface area contributed by atoms with Crippen molar-refractivity contribution < 1.29 is 9.53 Å². The summed E-state index contributed by atoms with van der Waals surface area (Å²) in [5, 5.41) is 4.59. The normalized spacial score (nSPS) is 12.2. The van der Waals surface area contributed by atoms with Crippen molar-refractivity contribution in [1.82, 2.24) is 9.78 Å². The number of ether oxygens (including phenoxy) is 1. The van der Waals surface area contributed by atoms with Gasteiger partial charge in [0.25, 0.3) is 0 Å². The van der Waals surface area contributed by atoms with E-state index in [0.29, 0.717) is 6.54 Å². The van der Waals surface area contributed by atoms with Gasteiger partial charge in [-0.25, -0.2) is 0 Å². The van der Waals surface area contributed by atoms with E-state index in [-0.39, 0.29) is 11.9 Å². The standard InChI is InChI=1S/C17H22N2O2/c1-11-8-6-7-9-15(11)10-19-14(4)16(13(3)18-19)12(2)17(20)21-5/h6-9,12H,10H2,1-5H3. The average Bonchev–Trinajstić information content (AvgIpc) is 2.74. The number of methoxy groups -OCH3 is 1. The fourth-order valence-corrected chi connectivity index (χ4v) is 2.73. The van der Waals surface area contributed by atoms with Gasteiger partial charge >= 0.3 is 5.97 Å². The molecule has 0 aliphatic carbocycles. The van der Waals surface area contributed by atoms with Crippen molar-refractivity contribution in [3.8, 4) is 0 Å². The van der Waals surface area contributed by atoms with E-state index in [1.54, 1.807) is 0 Å². The number of carbonyl (C=O) groups excluding carboxylic acids is 1. The quantitative estimate of drug-likeness (QED) is 0.811. The van der Waals surface area contributed by atoms with Crippen molar-refractivity contribution in [1.29, 1.82) is 0 Å². The Morgan fingerprint density at radius 3 is 2.57 bits per heavy atom. The predicted molar refractivity (Wildman–Crippen MR) is 82.4 cm³/mol. The lowest BCUT2D eigenvalue weighted by molar-refractivity contribution is -0.142. The number of esters is 1. The summed E-state index contributed by atoms with van der Waals surface area (Å²) >= 11 is 0. The van der Waals surface area contributed by atoms with Gasteiger partial charge in [-0.05, 0) is 38.8 Å². The topological polar surface area (TPSA) is 44.1 Å². The smallest absolute Gasteiger partial charge is 0.312 e. The summed E-state index contributed by atoms with van der Waals surface area (Å²) in [6, 6.07) is 8.27. The van der Waals surface area contributed by atoms with Gasteiger partial charge in [-0.2, -0.15) is 5.10 Å². The molecular weight excluding hydrogens is 264 g/mol. The SMILES string of the molecule is COC(=O)C(C)c1c(C)nn(Cc2ccccc2C)c1C. The molecule has 1 heterocycles. The number of nitrogens with zero attached hydrogens (tertiary/aromatic N) is 2. The Bertz CT molecular complexity index is 659. The van der Waals surface area contributed by atoms with Crippen LogP contribution in [0.4, 0.5) is 0 Å². The van der Waals surface area contributed by atoms with Crippen molar-refractivity contribution >= 4 is 5.97 Å². The summed E-state index contributed by atoms with van der Waals surface area (Å²) in [4.78, 5) is 11.8. The Morgan fingerprint density at radius 1 is 1.29 bits per heavy atom. The first-order chi connectivity index (χ1) is 9.95. The largest absolute Gasteiger partial charge is 0.469 e. The number of benzene rings is 1. The third-order valence-corrected chi connectivity index (χ3v) is 4.01. The molecule has 112 valence electrons. The van der Waals surface area contributed by atoms with Crippen LogP contribution >= 0.6 is 0 Å². The van der Waals surface area contributed by atoms with Crippen LogP contribution in [0.2, 0.25) is 0 Å². The number of aromatic nitrogens is 2. The van der Waals surface area contributed by atoms with E-state index in [9.17, 15) is 4.79 Å². The maximum Gasteiger partial charge on any atom is 0.312 e. The highest BCUT2D eigenvalue weighted by Crippen LogP contribution is 2.25. The Morgan fingerprint density at radius 2 is 1.95 bits per heavy atom. The van der Waals surface area contributed by atoms with Crippen LogP contribution in [-0.2, 0) is 16.1 Å². The van der Waals surface area contributed by atoms with E-state index in [2.05, 4.69) is 24.2 Å². The maximum atomic E-state index is 11.8. The molecule has 0 aliphatic heterocycles. The Hall–Kier alpha value is -2.10. The minimum atomic E-state index is -0.291. The lowest BCUT2D eigenvalue weighted by Gasteiger charge is -2.11. The fourth-order valence-electron chi connectivity index (χ4n) is 2.73. The van der Waals surface area contributed by atoms with Crippen LogP contribution in [-0.4, -0.2) is 22.9 Å². The van der Waals surface area contributed by atoms with E-state index in [1.807, 2.05) is 37.6 Å². The van der Waals surface area contributed by atoms with Crippen LogP contribution in [0, 0.1) is 20.8 Å². The Balaban J connectivity index is 2.36. The molecule has 0 fully saturated rings. The zero-order valence-electron chi connectivity index (χ0n) is 13.3. The molecule has 0 amide bonds. The zero-order chi connectivity index (χ0) is 15.6. The van der Waals surface area contributed by atoms with Crippen LogP contribution in [0.15, 0.2) is 24.3 Å². The molecule has 1 aromatic carbocycles. The third-order valence-electron chi connectivity index (χ3n) is 4.01. The highest BCUT2D eigenvalue weighted by molar-refractivity contribution is 5.78. The van der Waals surface area contributed by atoms with Crippen LogP contribution < -0.4 is 0 Å². The molecule has 0 N–H and O–H groups in total. The summed E-state index contributed by atoms with van der Waals surface area (Å²) in [5.74, 6) is -0.516. The van der Waals surface area contributed by atoms with Gasteiger partial charge in [0.15, 0.2) is 0 Å². The molecule has 1 unspecified atom stereocenters.